The van der Waals surface area contributed by atoms with Crippen LogP contribution in [0.5, 0.6) is 11.5 Å². The lowest BCUT2D eigenvalue weighted by Gasteiger charge is -2.25. The van der Waals surface area contributed by atoms with Gasteiger partial charge < -0.3 is 10.2 Å². The molecule has 0 spiro atoms. The molecular weight excluding hydrogens is 516 g/mol. The molecule has 0 saturated heterocycles. The van der Waals surface area contributed by atoms with E-state index in [1.807, 2.05) is 12.4 Å². The molecule has 0 radical (unpaired) electrons. The van der Waals surface area contributed by atoms with Crippen LogP contribution in [-0.4, -0.2) is 34.7 Å². The number of aliphatic imine (C=N–C) groups is 2. The minimum absolute atomic E-state index is 0.0895. The SMILES string of the molecule is CCCCCc1cc(C=NC2CCCCC2N=Cc2cc(CCCCC)cc(CCCC)c2O)c(O)c(CCCC)c1. The molecule has 1 aliphatic rings. The zero-order valence-corrected chi connectivity index (χ0v) is 27.1. The number of nitrogens with zero attached hydrogens (tertiary/aromatic N) is 2. The molecule has 42 heavy (non-hydrogen) atoms. The van der Waals surface area contributed by atoms with E-state index in [0.717, 1.165) is 99.3 Å². The summed E-state index contributed by atoms with van der Waals surface area (Å²) >= 11 is 0. The fourth-order valence-electron chi connectivity index (χ4n) is 6.13. The van der Waals surface area contributed by atoms with Gasteiger partial charge >= 0.3 is 0 Å². The predicted molar refractivity (Wildman–Crippen MR) is 181 cm³/mol. The number of hydrogen-bond acceptors (Lipinski definition) is 4. The molecule has 0 aliphatic heterocycles. The van der Waals surface area contributed by atoms with Crippen molar-refractivity contribution in [3.8, 4) is 11.5 Å². The maximum atomic E-state index is 11.1. The van der Waals surface area contributed by atoms with Crippen molar-refractivity contribution in [2.24, 2.45) is 9.98 Å². The summed E-state index contributed by atoms with van der Waals surface area (Å²) in [6.45, 7) is 8.87. The van der Waals surface area contributed by atoms with Gasteiger partial charge in [-0.25, -0.2) is 0 Å². The van der Waals surface area contributed by atoms with Crippen molar-refractivity contribution in [1.82, 2.24) is 0 Å². The second-order valence-electron chi connectivity index (χ2n) is 12.5. The van der Waals surface area contributed by atoms with Gasteiger partial charge in [0, 0.05) is 23.6 Å². The molecule has 1 fully saturated rings. The van der Waals surface area contributed by atoms with Crippen LogP contribution < -0.4 is 0 Å². The van der Waals surface area contributed by atoms with Crippen LogP contribution in [0.15, 0.2) is 34.3 Å². The first-order valence-corrected chi connectivity index (χ1v) is 17.3. The second kappa shape index (κ2) is 18.8. The van der Waals surface area contributed by atoms with Gasteiger partial charge in [-0.05, 0) is 98.6 Å². The molecule has 2 aromatic rings. The molecule has 2 unspecified atom stereocenters. The number of phenolic OH excluding ortho intramolecular Hbond substituents is 2. The summed E-state index contributed by atoms with van der Waals surface area (Å²) in [6.07, 6.45) is 23.7. The highest BCUT2D eigenvalue weighted by atomic mass is 16.3. The van der Waals surface area contributed by atoms with Crippen molar-refractivity contribution >= 4 is 12.4 Å². The molecule has 4 nitrogen and oxygen atoms in total. The number of benzene rings is 2. The number of unbranched alkanes of at least 4 members (excludes halogenated alkanes) is 6. The largest absolute Gasteiger partial charge is 0.507 e. The van der Waals surface area contributed by atoms with E-state index in [4.69, 9.17) is 9.98 Å². The van der Waals surface area contributed by atoms with E-state index in [-0.39, 0.29) is 12.1 Å². The van der Waals surface area contributed by atoms with E-state index < -0.39 is 0 Å². The monoisotopic (exact) mass is 574 g/mol. The lowest BCUT2D eigenvalue weighted by Crippen LogP contribution is -2.27. The molecule has 4 heteroatoms. The number of aryl methyl sites for hydroxylation is 4. The number of aromatic hydroxyl groups is 2. The van der Waals surface area contributed by atoms with Crippen LogP contribution in [0.1, 0.15) is 151 Å². The maximum absolute atomic E-state index is 11.1. The standard InChI is InChI=1S/C38H58N2O2/c1-5-9-13-17-29-23-31(19-11-7-3)37(41)33(25-29)27-39-35-21-15-16-22-36(35)40-28-34-26-30(18-14-10-6-2)24-32(38(34)42)20-12-8-4/h23-28,35-36,41-42H,5-22H2,1-4H3. The third-order valence-corrected chi connectivity index (χ3v) is 8.80. The Labute approximate surface area is 256 Å². The highest BCUT2D eigenvalue weighted by Crippen LogP contribution is 2.30. The molecule has 2 aromatic carbocycles. The summed E-state index contributed by atoms with van der Waals surface area (Å²) in [5.41, 5.74) is 6.42. The predicted octanol–water partition coefficient (Wildman–Crippen LogP) is 10.1. The zero-order valence-electron chi connectivity index (χ0n) is 27.1. The van der Waals surface area contributed by atoms with Crippen LogP contribution in [0.3, 0.4) is 0 Å². The van der Waals surface area contributed by atoms with E-state index in [1.165, 1.54) is 49.7 Å². The van der Waals surface area contributed by atoms with Crippen LogP contribution >= 0.6 is 0 Å². The smallest absolute Gasteiger partial charge is 0.127 e. The van der Waals surface area contributed by atoms with Crippen LogP contribution in [0.2, 0.25) is 0 Å². The van der Waals surface area contributed by atoms with Crippen molar-refractivity contribution in [1.29, 1.82) is 0 Å². The number of phenols is 2. The molecular formula is C38H58N2O2. The Morgan fingerprint density at radius 3 is 1.36 bits per heavy atom. The fraction of sp³-hybridized carbons (Fsp3) is 0.632. The van der Waals surface area contributed by atoms with E-state index in [2.05, 4.69) is 52.0 Å². The molecule has 0 heterocycles. The molecule has 2 N–H and O–H groups in total. The van der Waals surface area contributed by atoms with Crippen LogP contribution in [-0.2, 0) is 25.7 Å². The van der Waals surface area contributed by atoms with Gasteiger partial charge in [-0.1, -0.05) is 91.2 Å². The zero-order chi connectivity index (χ0) is 30.2. The second-order valence-corrected chi connectivity index (χ2v) is 12.5. The Morgan fingerprint density at radius 2 is 0.976 bits per heavy atom. The molecule has 3 rings (SSSR count). The topological polar surface area (TPSA) is 65.2 Å². The summed E-state index contributed by atoms with van der Waals surface area (Å²) in [5.74, 6) is 0.790. The highest BCUT2D eigenvalue weighted by molar-refractivity contribution is 5.85. The minimum Gasteiger partial charge on any atom is -0.507 e. The summed E-state index contributed by atoms with van der Waals surface area (Å²) in [5, 5.41) is 22.3. The molecule has 0 amide bonds. The van der Waals surface area contributed by atoms with Gasteiger partial charge in [0.2, 0.25) is 0 Å². The summed E-state index contributed by atoms with van der Waals surface area (Å²) in [4.78, 5) is 10.1. The van der Waals surface area contributed by atoms with Gasteiger partial charge in [0.1, 0.15) is 11.5 Å². The third kappa shape index (κ3) is 10.6. The van der Waals surface area contributed by atoms with Gasteiger partial charge in [-0.3, -0.25) is 9.98 Å². The molecule has 0 aromatic heterocycles. The Bertz CT molecular complexity index is 1050. The molecule has 1 saturated carbocycles. The first-order valence-electron chi connectivity index (χ1n) is 17.3. The lowest BCUT2D eigenvalue weighted by molar-refractivity contribution is 0.390. The van der Waals surface area contributed by atoms with Crippen molar-refractivity contribution in [2.75, 3.05) is 0 Å². The van der Waals surface area contributed by atoms with Gasteiger partial charge in [-0.15, -0.1) is 0 Å². The van der Waals surface area contributed by atoms with Gasteiger partial charge in [0.25, 0.3) is 0 Å². The summed E-state index contributed by atoms with van der Waals surface area (Å²) in [6, 6.07) is 8.89. The van der Waals surface area contributed by atoms with Crippen LogP contribution in [0, 0.1) is 0 Å². The van der Waals surface area contributed by atoms with E-state index in [0.29, 0.717) is 11.5 Å². The lowest BCUT2D eigenvalue weighted by atomic mass is 9.91. The Morgan fingerprint density at radius 1 is 0.571 bits per heavy atom. The normalized spacial score (nSPS) is 17.5. The Kier molecular flexibility index (Phi) is 15.2. The van der Waals surface area contributed by atoms with E-state index >= 15 is 0 Å². The molecule has 1 aliphatic carbocycles. The van der Waals surface area contributed by atoms with Crippen molar-refractivity contribution < 1.29 is 10.2 Å². The Hall–Kier alpha value is -2.62. The van der Waals surface area contributed by atoms with E-state index in [9.17, 15) is 10.2 Å². The number of hydrogen-bond donors (Lipinski definition) is 2. The molecule has 232 valence electrons. The van der Waals surface area contributed by atoms with Gasteiger partial charge in [-0.2, -0.15) is 0 Å². The summed E-state index contributed by atoms with van der Waals surface area (Å²) < 4.78 is 0. The first kappa shape index (κ1) is 33.9. The average molecular weight is 575 g/mol. The Balaban J connectivity index is 1.84. The first-order chi connectivity index (χ1) is 20.5. The van der Waals surface area contributed by atoms with Gasteiger partial charge in [0.05, 0.1) is 12.1 Å². The fourth-order valence-corrected chi connectivity index (χ4v) is 6.13. The molecule has 2 atom stereocenters. The highest BCUT2D eigenvalue weighted by Gasteiger charge is 2.24. The average Bonchev–Trinajstić information content (AvgIpc) is 3.00. The third-order valence-electron chi connectivity index (χ3n) is 8.80. The summed E-state index contributed by atoms with van der Waals surface area (Å²) in [7, 11) is 0. The maximum Gasteiger partial charge on any atom is 0.127 e. The number of rotatable bonds is 18. The van der Waals surface area contributed by atoms with Crippen LogP contribution in [0.25, 0.3) is 0 Å². The minimum atomic E-state index is 0.0895. The quantitative estimate of drug-likeness (QED) is 0.137. The van der Waals surface area contributed by atoms with Gasteiger partial charge in [0.15, 0.2) is 0 Å². The van der Waals surface area contributed by atoms with Crippen molar-refractivity contribution in [2.45, 2.75) is 155 Å². The van der Waals surface area contributed by atoms with Crippen molar-refractivity contribution in [3.05, 3.63) is 57.6 Å². The molecule has 0 bridgehead atoms. The van der Waals surface area contributed by atoms with Crippen molar-refractivity contribution in [3.63, 3.8) is 0 Å². The van der Waals surface area contributed by atoms with E-state index in [1.54, 1.807) is 0 Å². The van der Waals surface area contributed by atoms with Crippen LogP contribution in [0.4, 0.5) is 0 Å².